The van der Waals surface area contributed by atoms with Crippen LogP contribution in [0.3, 0.4) is 0 Å². The van der Waals surface area contributed by atoms with E-state index in [-0.39, 0.29) is 18.1 Å². The Morgan fingerprint density at radius 1 is 1.28 bits per heavy atom. The van der Waals surface area contributed by atoms with Gasteiger partial charge in [-0.25, -0.2) is 15.0 Å². The zero-order valence-electron chi connectivity index (χ0n) is 14.5. The molecule has 25 heavy (non-hydrogen) atoms. The Kier molecular flexibility index (Phi) is 4.89. The number of piperidine rings is 1. The van der Waals surface area contributed by atoms with Crippen molar-refractivity contribution in [3.8, 4) is 0 Å². The first-order valence-corrected chi connectivity index (χ1v) is 8.25. The van der Waals surface area contributed by atoms with E-state index in [0.29, 0.717) is 18.9 Å². The van der Waals surface area contributed by atoms with Gasteiger partial charge in [0.2, 0.25) is 5.95 Å². The highest BCUT2D eigenvalue weighted by Gasteiger charge is 2.36. The molecule has 3 rings (SSSR count). The van der Waals surface area contributed by atoms with Gasteiger partial charge in [0.15, 0.2) is 0 Å². The van der Waals surface area contributed by atoms with Crippen LogP contribution in [0.5, 0.6) is 0 Å². The Hall–Kier alpha value is -2.61. The molecule has 1 N–H and O–H groups in total. The van der Waals surface area contributed by atoms with Gasteiger partial charge in [0, 0.05) is 32.2 Å². The van der Waals surface area contributed by atoms with Crippen LogP contribution in [0.2, 0.25) is 0 Å². The lowest BCUT2D eigenvalue weighted by Gasteiger charge is -2.41. The van der Waals surface area contributed by atoms with E-state index in [1.54, 1.807) is 31.7 Å². The molecule has 0 aromatic carbocycles. The van der Waals surface area contributed by atoms with E-state index in [1.165, 1.54) is 11.1 Å². The fourth-order valence-electron chi connectivity index (χ4n) is 3.08. The number of β-amino-alcohol motifs (C(OH)–C–C–N with tert-alkyl or cyclic N) is 1. The molecule has 1 amide bonds. The van der Waals surface area contributed by atoms with Crippen molar-refractivity contribution in [3.63, 3.8) is 0 Å². The second-order valence-corrected chi connectivity index (χ2v) is 6.50. The third-order valence-electron chi connectivity index (χ3n) is 4.27. The van der Waals surface area contributed by atoms with E-state index < -0.39 is 5.60 Å². The molecule has 1 atom stereocenters. The molecule has 0 bridgehead atoms. The van der Waals surface area contributed by atoms with Gasteiger partial charge < -0.3 is 14.9 Å². The van der Waals surface area contributed by atoms with Gasteiger partial charge in [-0.3, -0.25) is 9.78 Å². The Morgan fingerprint density at radius 3 is 2.72 bits per heavy atom. The molecule has 2 aromatic rings. The summed E-state index contributed by atoms with van der Waals surface area (Å²) < 4.78 is 0. The highest BCUT2D eigenvalue weighted by atomic mass is 16.3. The SMILES string of the molecule is Cc1cnc(C(=O)N(C)C[C@@]2(O)CCCN(c3ncccn3)C2)cn1. The summed E-state index contributed by atoms with van der Waals surface area (Å²) in [6.07, 6.45) is 7.81. The summed E-state index contributed by atoms with van der Waals surface area (Å²) in [6.45, 7) is 3.20. The highest BCUT2D eigenvalue weighted by Crippen LogP contribution is 2.24. The summed E-state index contributed by atoms with van der Waals surface area (Å²) in [6, 6.07) is 1.76. The monoisotopic (exact) mass is 342 g/mol. The number of hydrogen-bond donors (Lipinski definition) is 1. The van der Waals surface area contributed by atoms with Crippen molar-refractivity contribution in [1.29, 1.82) is 0 Å². The molecule has 0 unspecified atom stereocenters. The van der Waals surface area contributed by atoms with Crippen LogP contribution in [0, 0.1) is 6.92 Å². The van der Waals surface area contributed by atoms with Crippen molar-refractivity contribution in [2.75, 3.05) is 31.6 Å². The maximum absolute atomic E-state index is 12.5. The molecule has 132 valence electrons. The number of aliphatic hydroxyl groups is 1. The van der Waals surface area contributed by atoms with Crippen LogP contribution in [0.15, 0.2) is 30.9 Å². The van der Waals surface area contributed by atoms with Gasteiger partial charge in [0.1, 0.15) is 5.69 Å². The first kappa shape index (κ1) is 17.2. The van der Waals surface area contributed by atoms with Crippen molar-refractivity contribution in [1.82, 2.24) is 24.8 Å². The predicted octanol–water partition coefficient (Wildman–Crippen LogP) is 0.679. The van der Waals surface area contributed by atoms with Crippen LogP contribution < -0.4 is 4.90 Å². The number of hydrogen-bond acceptors (Lipinski definition) is 7. The molecule has 8 heteroatoms. The van der Waals surface area contributed by atoms with E-state index in [9.17, 15) is 9.90 Å². The molecule has 1 saturated heterocycles. The number of carbonyl (C=O) groups is 1. The van der Waals surface area contributed by atoms with E-state index in [2.05, 4.69) is 19.9 Å². The van der Waals surface area contributed by atoms with Crippen LogP contribution in [-0.2, 0) is 0 Å². The van der Waals surface area contributed by atoms with Crippen molar-refractivity contribution in [2.45, 2.75) is 25.4 Å². The standard InChI is InChI=1S/C17H22N6O2/c1-13-9-21-14(10-20-13)15(24)22(2)11-17(25)5-3-8-23(12-17)16-18-6-4-7-19-16/h4,6-7,9-10,25H,3,5,8,11-12H2,1-2H3/t17-/m0/s1. The second kappa shape index (κ2) is 7.10. The summed E-state index contributed by atoms with van der Waals surface area (Å²) in [5, 5.41) is 11.0. The van der Waals surface area contributed by atoms with Crippen LogP contribution in [-0.4, -0.2) is 68.1 Å². The molecule has 1 aliphatic heterocycles. The Labute approximate surface area is 146 Å². The normalized spacial score (nSPS) is 20.4. The zero-order valence-corrected chi connectivity index (χ0v) is 14.5. The molecule has 0 aliphatic carbocycles. The van der Waals surface area contributed by atoms with E-state index >= 15 is 0 Å². The lowest BCUT2D eigenvalue weighted by Crippen LogP contribution is -2.55. The number of rotatable bonds is 4. The average molecular weight is 342 g/mol. The number of aromatic nitrogens is 4. The van der Waals surface area contributed by atoms with Gasteiger partial charge >= 0.3 is 0 Å². The van der Waals surface area contributed by atoms with Crippen molar-refractivity contribution in [3.05, 3.63) is 42.2 Å². The Balaban J connectivity index is 1.68. The maximum Gasteiger partial charge on any atom is 0.273 e. The van der Waals surface area contributed by atoms with Crippen LogP contribution >= 0.6 is 0 Å². The van der Waals surface area contributed by atoms with E-state index in [0.717, 1.165) is 18.7 Å². The molecule has 0 spiro atoms. The lowest BCUT2D eigenvalue weighted by molar-refractivity contribution is -0.000454. The summed E-state index contributed by atoms with van der Waals surface area (Å²) in [5.74, 6) is 0.341. The van der Waals surface area contributed by atoms with Gasteiger partial charge in [-0.1, -0.05) is 0 Å². The summed E-state index contributed by atoms with van der Waals surface area (Å²) in [4.78, 5) is 32.6. The second-order valence-electron chi connectivity index (χ2n) is 6.50. The fourth-order valence-corrected chi connectivity index (χ4v) is 3.08. The van der Waals surface area contributed by atoms with E-state index in [1.807, 2.05) is 11.8 Å². The number of amides is 1. The predicted molar refractivity (Wildman–Crippen MR) is 92.2 cm³/mol. The first-order chi connectivity index (χ1) is 12.0. The third-order valence-corrected chi connectivity index (χ3v) is 4.27. The smallest absolute Gasteiger partial charge is 0.273 e. The molecule has 1 fully saturated rings. The highest BCUT2D eigenvalue weighted by molar-refractivity contribution is 5.91. The van der Waals surface area contributed by atoms with Crippen molar-refractivity contribution >= 4 is 11.9 Å². The van der Waals surface area contributed by atoms with Gasteiger partial charge in [-0.05, 0) is 25.8 Å². The molecule has 0 saturated carbocycles. The molecular formula is C17H22N6O2. The number of aryl methyl sites for hydroxylation is 1. The summed E-state index contributed by atoms with van der Waals surface area (Å²) in [7, 11) is 1.67. The van der Waals surface area contributed by atoms with Gasteiger partial charge in [0.25, 0.3) is 5.91 Å². The maximum atomic E-state index is 12.5. The third kappa shape index (κ3) is 4.08. The largest absolute Gasteiger partial charge is 0.386 e. The average Bonchev–Trinajstić information content (AvgIpc) is 2.62. The molecule has 2 aromatic heterocycles. The molecule has 8 nitrogen and oxygen atoms in total. The van der Waals surface area contributed by atoms with Crippen molar-refractivity contribution in [2.24, 2.45) is 0 Å². The Bertz CT molecular complexity index is 724. The molecule has 1 aliphatic rings. The Morgan fingerprint density at radius 2 is 2.04 bits per heavy atom. The zero-order chi connectivity index (χ0) is 17.9. The van der Waals surface area contributed by atoms with Gasteiger partial charge in [-0.15, -0.1) is 0 Å². The molecular weight excluding hydrogens is 320 g/mol. The summed E-state index contributed by atoms with van der Waals surface area (Å²) in [5.41, 5.74) is 0.0133. The molecule has 3 heterocycles. The molecule has 0 radical (unpaired) electrons. The fraction of sp³-hybridized carbons (Fsp3) is 0.471. The minimum absolute atomic E-state index is 0.213. The minimum Gasteiger partial charge on any atom is -0.386 e. The number of anilines is 1. The van der Waals surface area contributed by atoms with Crippen molar-refractivity contribution < 1.29 is 9.90 Å². The van der Waals surface area contributed by atoms with Crippen LogP contribution in [0.1, 0.15) is 29.0 Å². The van der Waals surface area contributed by atoms with Gasteiger partial charge in [-0.2, -0.15) is 0 Å². The topological polar surface area (TPSA) is 95.3 Å². The lowest BCUT2D eigenvalue weighted by atomic mass is 9.92. The van der Waals surface area contributed by atoms with Gasteiger partial charge in [0.05, 0.1) is 30.6 Å². The van der Waals surface area contributed by atoms with Crippen LogP contribution in [0.4, 0.5) is 5.95 Å². The number of nitrogens with zero attached hydrogens (tertiary/aromatic N) is 6. The number of carbonyl (C=O) groups excluding carboxylic acids is 1. The summed E-state index contributed by atoms with van der Waals surface area (Å²) >= 11 is 0. The van der Waals surface area contributed by atoms with Crippen LogP contribution in [0.25, 0.3) is 0 Å². The quantitative estimate of drug-likeness (QED) is 0.873. The van der Waals surface area contributed by atoms with E-state index in [4.69, 9.17) is 0 Å². The first-order valence-electron chi connectivity index (χ1n) is 8.25. The number of likely N-dealkylation sites (N-methyl/N-ethyl adjacent to an activating group) is 1. The minimum atomic E-state index is -1.01.